The molecule has 13 heteroatoms. The Balaban J connectivity index is 1.67. The summed E-state index contributed by atoms with van der Waals surface area (Å²) in [4.78, 5) is 17.3. The lowest BCUT2D eigenvalue weighted by molar-refractivity contribution is 0.102. The van der Waals surface area contributed by atoms with Crippen molar-refractivity contribution in [1.29, 1.82) is 10.8 Å². The van der Waals surface area contributed by atoms with Gasteiger partial charge in [0.1, 0.15) is 23.0 Å². The first-order valence-corrected chi connectivity index (χ1v) is 11.5. The van der Waals surface area contributed by atoms with Crippen LogP contribution >= 0.6 is 0 Å². The molecule has 0 atom stereocenters. The first kappa shape index (κ1) is 27.3. The fraction of sp³-hybridized carbons (Fsp3) is 0.0370. The summed E-state index contributed by atoms with van der Waals surface area (Å²) in [5.74, 6) is -4.47. The molecule has 0 aliphatic rings. The number of amides is 1. The molecule has 0 fully saturated rings. The van der Waals surface area contributed by atoms with Crippen LogP contribution in [0.25, 0.3) is 0 Å². The van der Waals surface area contributed by atoms with Crippen molar-refractivity contribution in [3.63, 3.8) is 0 Å². The van der Waals surface area contributed by atoms with E-state index in [9.17, 15) is 14.3 Å². The summed E-state index contributed by atoms with van der Waals surface area (Å²) in [6.45, 7) is 1.21. The summed E-state index contributed by atoms with van der Waals surface area (Å²) in [7, 11) is 0. The molecule has 9 N–H and O–H groups in total. The highest BCUT2D eigenvalue weighted by Crippen LogP contribution is 2.37. The summed E-state index contributed by atoms with van der Waals surface area (Å²) >= 11 is 0. The minimum absolute atomic E-state index is 0.109. The van der Waals surface area contributed by atoms with Crippen molar-refractivity contribution in [3.05, 3.63) is 95.2 Å². The number of nitrogens with one attached hydrogen (secondary N) is 4. The molecule has 0 spiro atoms. The van der Waals surface area contributed by atoms with E-state index < -0.39 is 23.3 Å². The number of carbonyl (C=O) groups excluding carboxylic acids is 1. The fourth-order valence-corrected chi connectivity index (χ4v) is 3.50. The normalized spacial score (nSPS) is 10.5. The number of amidine groups is 1. The summed E-state index contributed by atoms with van der Waals surface area (Å²) < 4.78 is 41.1. The molecule has 1 heterocycles. The van der Waals surface area contributed by atoms with Crippen LogP contribution in [0.2, 0.25) is 0 Å². The van der Waals surface area contributed by atoms with Crippen LogP contribution in [-0.2, 0) is 0 Å². The number of phenolic OH excluding ortho intramolecular Hbond substituents is 1. The molecule has 4 aromatic rings. The van der Waals surface area contributed by atoms with Gasteiger partial charge in [0.15, 0.2) is 29.0 Å². The maximum atomic E-state index is 15.2. The Morgan fingerprint density at radius 2 is 1.77 bits per heavy atom. The number of carbonyl (C=O) groups is 1. The van der Waals surface area contributed by atoms with Crippen LogP contribution < -0.4 is 31.6 Å². The van der Waals surface area contributed by atoms with Gasteiger partial charge in [-0.15, -0.1) is 0 Å². The maximum Gasteiger partial charge on any atom is 0.261 e. The van der Waals surface area contributed by atoms with Crippen LogP contribution in [0.4, 0.5) is 20.2 Å². The quantitative estimate of drug-likeness (QED) is 0.121. The summed E-state index contributed by atoms with van der Waals surface area (Å²) in [6, 6.07) is 13.7. The zero-order chi connectivity index (χ0) is 29.0. The van der Waals surface area contributed by atoms with Gasteiger partial charge in [-0.05, 0) is 49.4 Å². The smallest absolute Gasteiger partial charge is 0.261 e. The van der Waals surface area contributed by atoms with Crippen LogP contribution in [0.5, 0.6) is 28.9 Å². The van der Waals surface area contributed by atoms with Crippen molar-refractivity contribution in [3.8, 4) is 28.9 Å². The van der Waals surface area contributed by atoms with E-state index in [-0.39, 0.29) is 57.3 Å². The topological polar surface area (TPSA) is 192 Å². The Kier molecular flexibility index (Phi) is 7.75. The highest BCUT2D eigenvalue weighted by Gasteiger charge is 2.23. The molecule has 4 rings (SSSR count). The van der Waals surface area contributed by atoms with Gasteiger partial charge < -0.3 is 36.7 Å². The van der Waals surface area contributed by atoms with Crippen LogP contribution in [0.3, 0.4) is 0 Å². The monoisotopic (exact) mass is 547 g/mol. The van der Waals surface area contributed by atoms with Gasteiger partial charge in [0.2, 0.25) is 5.88 Å². The SMILES string of the molecule is Cc1c(F)cc(NC(=O)c2cccnc2Oc2cc(C(=N)N)ccc2O)c(Oc2cccc(NC(=N)N)c2)c1F. The molecular formula is C27H23F2N7O4. The predicted octanol–water partition coefficient (Wildman–Crippen LogP) is 4.80. The molecule has 1 amide bonds. The number of aromatic nitrogens is 1. The Morgan fingerprint density at radius 1 is 1.00 bits per heavy atom. The highest BCUT2D eigenvalue weighted by atomic mass is 19.1. The predicted molar refractivity (Wildman–Crippen MR) is 145 cm³/mol. The Bertz CT molecular complexity index is 1650. The van der Waals surface area contributed by atoms with Crippen LogP contribution in [-0.4, -0.2) is 27.8 Å². The van der Waals surface area contributed by atoms with Crippen LogP contribution in [0.1, 0.15) is 21.5 Å². The second kappa shape index (κ2) is 11.3. The van der Waals surface area contributed by atoms with Gasteiger partial charge in [0, 0.05) is 35.1 Å². The van der Waals surface area contributed by atoms with Crippen molar-refractivity contribution in [1.82, 2.24) is 4.98 Å². The molecule has 40 heavy (non-hydrogen) atoms. The summed E-state index contributed by atoms with van der Waals surface area (Å²) in [6.07, 6.45) is 1.33. The number of nitrogen functional groups attached to an aromatic ring is 1. The Hall–Kier alpha value is -5.72. The van der Waals surface area contributed by atoms with Gasteiger partial charge in [-0.1, -0.05) is 6.07 Å². The van der Waals surface area contributed by atoms with Crippen molar-refractivity contribution in [2.75, 3.05) is 10.6 Å². The molecule has 0 aliphatic carbocycles. The lowest BCUT2D eigenvalue weighted by Gasteiger charge is -2.17. The minimum atomic E-state index is -1.05. The number of anilines is 2. The number of nitrogens with zero attached hydrogens (tertiary/aromatic N) is 1. The number of halogens is 2. The zero-order valence-corrected chi connectivity index (χ0v) is 20.9. The van der Waals surface area contributed by atoms with Crippen molar-refractivity contribution in [2.45, 2.75) is 6.92 Å². The number of hydrogen-bond acceptors (Lipinski definition) is 7. The van der Waals surface area contributed by atoms with E-state index in [4.69, 9.17) is 31.8 Å². The van der Waals surface area contributed by atoms with Gasteiger partial charge in [0.05, 0.1) is 5.69 Å². The van der Waals surface area contributed by atoms with E-state index in [0.717, 1.165) is 6.07 Å². The number of nitrogens with two attached hydrogens (primary N) is 2. The molecular weight excluding hydrogens is 524 g/mol. The van der Waals surface area contributed by atoms with Crippen molar-refractivity contribution < 1.29 is 28.2 Å². The van der Waals surface area contributed by atoms with E-state index in [1.54, 1.807) is 12.1 Å². The lowest BCUT2D eigenvalue weighted by atomic mass is 10.1. The average molecular weight is 548 g/mol. The van der Waals surface area contributed by atoms with E-state index in [1.165, 1.54) is 55.6 Å². The molecule has 0 aliphatic heterocycles. The number of phenols is 1. The second-order valence-corrected chi connectivity index (χ2v) is 8.35. The molecule has 0 saturated carbocycles. The Morgan fingerprint density at radius 3 is 2.50 bits per heavy atom. The molecule has 204 valence electrons. The number of guanidine groups is 1. The first-order valence-electron chi connectivity index (χ1n) is 11.5. The van der Waals surface area contributed by atoms with Gasteiger partial charge in [-0.3, -0.25) is 15.6 Å². The van der Waals surface area contributed by atoms with Gasteiger partial charge in [-0.25, -0.2) is 13.8 Å². The third-order valence-electron chi connectivity index (χ3n) is 5.48. The third-order valence-corrected chi connectivity index (χ3v) is 5.48. The molecule has 0 radical (unpaired) electrons. The molecule has 11 nitrogen and oxygen atoms in total. The number of ether oxygens (including phenoxy) is 2. The first-order chi connectivity index (χ1) is 19.0. The summed E-state index contributed by atoms with van der Waals surface area (Å²) in [5, 5.41) is 30.1. The number of hydrogen-bond donors (Lipinski definition) is 7. The van der Waals surface area contributed by atoms with Crippen LogP contribution in [0.15, 0.2) is 66.9 Å². The number of pyridine rings is 1. The average Bonchev–Trinajstić information content (AvgIpc) is 2.91. The molecule has 3 aromatic carbocycles. The number of aromatic hydroxyl groups is 1. The van der Waals surface area contributed by atoms with E-state index in [0.29, 0.717) is 5.69 Å². The molecule has 0 saturated heterocycles. The van der Waals surface area contributed by atoms with Crippen LogP contribution in [0, 0.1) is 29.4 Å². The van der Waals surface area contributed by atoms with E-state index >= 15 is 4.39 Å². The van der Waals surface area contributed by atoms with E-state index in [2.05, 4.69) is 15.6 Å². The van der Waals surface area contributed by atoms with Gasteiger partial charge >= 0.3 is 0 Å². The second-order valence-electron chi connectivity index (χ2n) is 8.35. The molecule has 1 aromatic heterocycles. The Labute approximate surface area is 226 Å². The summed E-state index contributed by atoms with van der Waals surface area (Å²) in [5.41, 5.74) is 10.7. The largest absolute Gasteiger partial charge is 0.504 e. The molecule has 0 bridgehead atoms. The minimum Gasteiger partial charge on any atom is -0.504 e. The number of benzene rings is 3. The van der Waals surface area contributed by atoms with Gasteiger partial charge in [0.25, 0.3) is 5.91 Å². The lowest BCUT2D eigenvalue weighted by Crippen LogP contribution is -2.20. The van der Waals surface area contributed by atoms with Crippen molar-refractivity contribution in [2.24, 2.45) is 11.5 Å². The van der Waals surface area contributed by atoms with Gasteiger partial charge in [-0.2, -0.15) is 0 Å². The number of rotatable bonds is 8. The zero-order valence-electron chi connectivity index (χ0n) is 20.9. The molecule has 0 unspecified atom stereocenters. The fourth-order valence-electron chi connectivity index (χ4n) is 3.50. The highest BCUT2D eigenvalue weighted by molar-refractivity contribution is 6.06. The maximum absolute atomic E-state index is 15.2. The van der Waals surface area contributed by atoms with Crippen molar-refractivity contribution >= 4 is 29.1 Å². The van der Waals surface area contributed by atoms with E-state index in [1.807, 2.05) is 0 Å². The third kappa shape index (κ3) is 6.05. The standard InChI is InChI=1S/C27H23F2N7O4/c1-13-18(28)12-19(23(22(13)29)39-16-5-2-4-15(11-16)35-27(32)33)36-25(38)17-6-3-9-34-26(17)40-21-10-14(24(30)31)7-8-20(21)37/h2-12,37H,1H3,(H3,30,31)(H,36,38)(H4,32,33,35).